The largest absolute Gasteiger partial charge is 0.488 e. The number of nitrogens with zero attached hydrogens (tertiary/aromatic N) is 3. The van der Waals surface area contributed by atoms with Crippen LogP contribution in [-0.2, 0) is 11.3 Å². The SMILES string of the molecule is CC(=O)NCc1cc(OC2CCN(c3cccc(F)c3C#N)C2)ccn1. The molecule has 2 aromatic rings. The molecule has 1 aromatic heterocycles. The summed E-state index contributed by atoms with van der Waals surface area (Å²) in [5.41, 5.74) is 1.37. The first-order valence-corrected chi connectivity index (χ1v) is 8.36. The second-order valence-electron chi connectivity index (χ2n) is 6.11. The Bertz CT molecular complexity index is 850. The summed E-state index contributed by atoms with van der Waals surface area (Å²) in [6.45, 7) is 3.06. The van der Waals surface area contributed by atoms with Gasteiger partial charge in [-0.3, -0.25) is 9.78 Å². The number of pyridine rings is 1. The molecule has 1 atom stereocenters. The van der Waals surface area contributed by atoms with Crippen molar-refractivity contribution in [2.45, 2.75) is 26.0 Å². The molecule has 0 spiro atoms. The number of hydrogen-bond donors (Lipinski definition) is 1. The van der Waals surface area contributed by atoms with Crippen molar-refractivity contribution in [3.8, 4) is 11.8 Å². The van der Waals surface area contributed by atoms with Gasteiger partial charge in [-0.15, -0.1) is 0 Å². The molecule has 0 radical (unpaired) electrons. The van der Waals surface area contributed by atoms with Gasteiger partial charge in [0.15, 0.2) is 0 Å². The van der Waals surface area contributed by atoms with Crippen molar-refractivity contribution < 1.29 is 13.9 Å². The molecule has 1 N–H and O–H groups in total. The van der Waals surface area contributed by atoms with Crippen LogP contribution in [0.15, 0.2) is 36.5 Å². The average Bonchev–Trinajstić information content (AvgIpc) is 3.08. The Hall–Kier alpha value is -3.14. The van der Waals surface area contributed by atoms with Gasteiger partial charge in [-0.05, 0) is 18.2 Å². The van der Waals surface area contributed by atoms with E-state index in [-0.39, 0.29) is 17.6 Å². The molecule has 3 rings (SSSR count). The summed E-state index contributed by atoms with van der Waals surface area (Å²) in [6.07, 6.45) is 2.34. The van der Waals surface area contributed by atoms with Crippen molar-refractivity contribution in [3.05, 3.63) is 53.6 Å². The molecule has 0 aliphatic carbocycles. The van der Waals surface area contributed by atoms with E-state index in [9.17, 15) is 14.4 Å². The molecule has 1 amide bonds. The Morgan fingerprint density at radius 3 is 3.12 bits per heavy atom. The molecule has 1 unspecified atom stereocenters. The highest BCUT2D eigenvalue weighted by atomic mass is 19.1. The van der Waals surface area contributed by atoms with Gasteiger partial charge < -0.3 is 15.0 Å². The number of carbonyl (C=O) groups is 1. The minimum Gasteiger partial charge on any atom is -0.488 e. The van der Waals surface area contributed by atoms with Crippen molar-refractivity contribution in [2.75, 3.05) is 18.0 Å². The smallest absolute Gasteiger partial charge is 0.217 e. The lowest BCUT2D eigenvalue weighted by atomic mass is 10.1. The molecule has 1 fully saturated rings. The number of halogens is 1. The van der Waals surface area contributed by atoms with Gasteiger partial charge in [0.25, 0.3) is 0 Å². The summed E-state index contributed by atoms with van der Waals surface area (Å²) in [6, 6.07) is 10.1. The van der Waals surface area contributed by atoms with Gasteiger partial charge in [-0.1, -0.05) is 6.07 Å². The number of nitrogens with one attached hydrogen (secondary N) is 1. The molecule has 1 aliphatic heterocycles. The number of ether oxygens (including phenoxy) is 1. The normalized spacial score (nSPS) is 16.2. The monoisotopic (exact) mass is 354 g/mol. The van der Waals surface area contributed by atoms with Crippen molar-refractivity contribution in [2.24, 2.45) is 0 Å². The fraction of sp³-hybridized carbons (Fsp3) is 0.316. The molecule has 26 heavy (non-hydrogen) atoms. The number of rotatable bonds is 5. The predicted molar refractivity (Wildman–Crippen MR) is 94.1 cm³/mol. The van der Waals surface area contributed by atoms with E-state index in [4.69, 9.17) is 4.74 Å². The maximum absolute atomic E-state index is 13.8. The summed E-state index contributed by atoms with van der Waals surface area (Å²) in [5.74, 6) is 0.0472. The Balaban J connectivity index is 1.65. The molecule has 1 aromatic carbocycles. The number of benzene rings is 1. The van der Waals surface area contributed by atoms with Crippen molar-refractivity contribution >= 4 is 11.6 Å². The van der Waals surface area contributed by atoms with Crippen LogP contribution in [0.3, 0.4) is 0 Å². The highest BCUT2D eigenvalue weighted by Crippen LogP contribution is 2.27. The lowest BCUT2D eigenvalue weighted by molar-refractivity contribution is -0.119. The molecule has 7 heteroatoms. The highest BCUT2D eigenvalue weighted by Gasteiger charge is 2.26. The second kappa shape index (κ2) is 7.83. The summed E-state index contributed by atoms with van der Waals surface area (Å²) in [4.78, 5) is 17.2. The van der Waals surface area contributed by atoms with Gasteiger partial charge in [-0.2, -0.15) is 5.26 Å². The lowest BCUT2D eigenvalue weighted by Crippen LogP contribution is -2.25. The van der Waals surface area contributed by atoms with Crippen LogP contribution >= 0.6 is 0 Å². The Labute approximate surface area is 151 Å². The molecular formula is C19H19FN4O2. The van der Waals surface area contributed by atoms with Crippen LogP contribution in [0.4, 0.5) is 10.1 Å². The average molecular weight is 354 g/mol. The number of carbonyl (C=O) groups excluding carboxylic acids is 1. The van der Waals surface area contributed by atoms with Crippen LogP contribution in [0.1, 0.15) is 24.6 Å². The topological polar surface area (TPSA) is 78.2 Å². The molecule has 1 saturated heterocycles. The molecule has 134 valence electrons. The minimum atomic E-state index is -0.508. The van der Waals surface area contributed by atoms with Crippen LogP contribution in [0.5, 0.6) is 5.75 Å². The van der Waals surface area contributed by atoms with E-state index in [0.29, 0.717) is 36.8 Å². The fourth-order valence-corrected chi connectivity index (χ4v) is 2.96. The first kappa shape index (κ1) is 17.7. The fourth-order valence-electron chi connectivity index (χ4n) is 2.96. The Kier molecular flexibility index (Phi) is 5.32. The van der Waals surface area contributed by atoms with Gasteiger partial charge in [0, 0.05) is 32.2 Å². The van der Waals surface area contributed by atoms with Crippen LogP contribution in [0.25, 0.3) is 0 Å². The zero-order valence-corrected chi connectivity index (χ0v) is 14.4. The zero-order valence-electron chi connectivity index (χ0n) is 14.4. The number of anilines is 1. The maximum Gasteiger partial charge on any atom is 0.217 e. The number of hydrogen-bond acceptors (Lipinski definition) is 5. The van der Waals surface area contributed by atoms with E-state index < -0.39 is 5.82 Å². The lowest BCUT2D eigenvalue weighted by Gasteiger charge is -2.20. The molecule has 0 bridgehead atoms. The Morgan fingerprint density at radius 2 is 2.35 bits per heavy atom. The zero-order chi connectivity index (χ0) is 18.5. The summed E-state index contributed by atoms with van der Waals surface area (Å²) >= 11 is 0. The van der Waals surface area contributed by atoms with Gasteiger partial charge in [-0.25, -0.2) is 4.39 Å². The number of aromatic nitrogens is 1. The maximum atomic E-state index is 13.8. The van der Waals surface area contributed by atoms with E-state index >= 15 is 0 Å². The summed E-state index contributed by atoms with van der Waals surface area (Å²) in [7, 11) is 0. The summed E-state index contributed by atoms with van der Waals surface area (Å²) in [5, 5.41) is 11.9. The minimum absolute atomic E-state index is 0.0645. The Morgan fingerprint density at radius 1 is 1.50 bits per heavy atom. The van der Waals surface area contributed by atoms with Crippen LogP contribution < -0.4 is 15.0 Å². The van der Waals surface area contributed by atoms with Gasteiger partial charge in [0.05, 0.1) is 24.5 Å². The van der Waals surface area contributed by atoms with Gasteiger partial charge in [0.2, 0.25) is 5.91 Å². The van der Waals surface area contributed by atoms with E-state index in [1.54, 1.807) is 30.5 Å². The first-order chi connectivity index (χ1) is 12.6. The number of amides is 1. The third-order valence-electron chi connectivity index (χ3n) is 4.20. The van der Waals surface area contributed by atoms with Crippen LogP contribution in [0, 0.1) is 17.1 Å². The van der Waals surface area contributed by atoms with Crippen LogP contribution in [0.2, 0.25) is 0 Å². The van der Waals surface area contributed by atoms with Gasteiger partial charge >= 0.3 is 0 Å². The van der Waals surface area contributed by atoms with E-state index in [1.165, 1.54) is 13.0 Å². The highest BCUT2D eigenvalue weighted by molar-refractivity contribution is 5.72. The quantitative estimate of drug-likeness (QED) is 0.892. The molecule has 2 heterocycles. The van der Waals surface area contributed by atoms with Crippen molar-refractivity contribution in [1.29, 1.82) is 5.26 Å². The predicted octanol–water partition coefficient (Wildman–Crippen LogP) is 2.39. The standard InChI is InChI=1S/C19H19FN4O2/c1-13(25)23-11-14-9-15(5-7-22-14)26-16-6-8-24(12-16)19-4-2-3-18(20)17(19)10-21/h2-5,7,9,16H,6,8,11-12H2,1H3,(H,23,25). The van der Waals surface area contributed by atoms with E-state index in [1.807, 2.05) is 11.0 Å². The molecule has 6 nitrogen and oxygen atoms in total. The second-order valence-corrected chi connectivity index (χ2v) is 6.11. The number of nitriles is 1. The third kappa shape index (κ3) is 4.09. The molecule has 1 aliphatic rings. The van der Waals surface area contributed by atoms with Crippen LogP contribution in [-0.4, -0.2) is 30.1 Å². The van der Waals surface area contributed by atoms with E-state index in [0.717, 1.165) is 6.42 Å². The van der Waals surface area contributed by atoms with Crippen molar-refractivity contribution in [3.63, 3.8) is 0 Å². The first-order valence-electron chi connectivity index (χ1n) is 8.36. The molecular weight excluding hydrogens is 335 g/mol. The van der Waals surface area contributed by atoms with Crippen molar-refractivity contribution in [1.82, 2.24) is 10.3 Å². The third-order valence-corrected chi connectivity index (χ3v) is 4.20. The van der Waals surface area contributed by atoms with Gasteiger partial charge in [0.1, 0.15) is 29.3 Å². The van der Waals surface area contributed by atoms with E-state index in [2.05, 4.69) is 10.3 Å². The summed E-state index contributed by atoms with van der Waals surface area (Å²) < 4.78 is 19.8. The molecule has 0 saturated carbocycles.